The molecule has 0 aliphatic heterocycles. The van der Waals surface area contributed by atoms with Crippen molar-refractivity contribution in [3.8, 4) is 11.8 Å². The zero-order valence-corrected chi connectivity index (χ0v) is 11.6. The Morgan fingerprint density at radius 1 is 1.26 bits per heavy atom. The molecule has 2 N–H and O–H groups in total. The van der Waals surface area contributed by atoms with Crippen LogP contribution in [0.15, 0.2) is 36.4 Å². The van der Waals surface area contributed by atoms with E-state index in [0.717, 1.165) is 22.1 Å². The fraction of sp³-hybridized carbons (Fsp3) is 0.267. The lowest BCUT2D eigenvalue weighted by Crippen LogP contribution is -2.12. The highest BCUT2D eigenvalue weighted by Crippen LogP contribution is 2.33. The number of nitrogens with two attached hydrogens (primary N) is 1. The van der Waals surface area contributed by atoms with Gasteiger partial charge in [-0.05, 0) is 23.8 Å². The lowest BCUT2D eigenvalue weighted by molar-refractivity contribution is 0.335. The van der Waals surface area contributed by atoms with Crippen LogP contribution >= 0.6 is 12.4 Å². The summed E-state index contributed by atoms with van der Waals surface area (Å²) in [4.78, 5) is 0. The maximum atomic E-state index is 8.82. The highest BCUT2D eigenvalue weighted by atomic mass is 35.5. The molecule has 4 heteroatoms. The maximum absolute atomic E-state index is 8.82. The third kappa shape index (κ3) is 3.17. The van der Waals surface area contributed by atoms with Gasteiger partial charge in [0, 0.05) is 11.6 Å². The largest absolute Gasteiger partial charge is 0.494 e. The van der Waals surface area contributed by atoms with Gasteiger partial charge in [-0.15, -0.1) is 12.4 Å². The van der Waals surface area contributed by atoms with E-state index in [0.29, 0.717) is 6.61 Å². The molecular formula is C15H17ClN2O. The van der Waals surface area contributed by atoms with E-state index in [1.807, 2.05) is 43.3 Å². The van der Waals surface area contributed by atoms with E-state index in [4.69, 9.17) is 15.7 Å². The predicted molar refractivity (Wildman–Crippen MR) is 79.5 cm³/mol. The second-order valence-corrected chi connectivity index (χ2v) is 4.10. The van der Waals surface area contributed by atoms with Crippen molar-refractivity contribution < 1.29 is 4.74 Å². The fourth-order valence-corrected chi connectivity index (χ4v) is 2.14. The Kier molecular flexibility index (Phi) is 5.62. The van der Waals surface area contributed by atoms with Gasteiger partial charge in [-0.1, -0.05) is 30.3 Å². The molecular weight excluding hydrogens is 260 g/mol. The summed E-state index contributed by atoms with van der Waals surface area (Å²) < 4.78 is 5.62. The molecule has 0 saturated heterocycles. The third-order valence-corrected chi connectivity index (χ3v) is 2.91. The van der Waals surface area contributed by atoms with Crippen LogP contribution in [0.25, 0.3) is 10.8 Å². The van der Waals surface area contributed by atoms with E-state index < -0.39 is 0 Å². The summed E-state index contributed by atoms with van der Waals surface area (Å²) in [6.45, 7) is 2.53. The lowest BCUT2D eigenvalue weighted by Gasteiger charge is -2.17. The van der Waals surface area contributed by atoms with Crippen LogP contribution < -0.4 is 10.5 Å². The van der Waals surface area contributed by atoms with Gasteiger partial charge in [0.25, 0.3) is 0 Å². The molecule has 2 rings (SSSR count). The summed E-state index contributed by atoms with van der Waals surface area (Å²) in [5, 5.41) is 11.0. The molecule has 0 heterocycles. The predicted octanol–water partition coefficient (Wildman–Crippen LogP) is 3.57. The standard InChI is InChI=1S/C15H16N2O.ClH/c1-2-18-14-8-7-11-5-3-4-6-12(11)15(14)13(17)9-10-16;/h3-8,13H,2,9,17H2,1H3;1H/t13-;/m0./s1. The molecule has 100 valence electrons. The first-order chi connectivity index (χ1) is 8.77. The Balaban J connectivity index is 0.00000180. The highest BCUT2D eigenvalue weighted by molar-refractivity contribution is 5.88. The summed E-state index contributed by atoms with van der Waals surface area (Å²) in [5.74, 6) is 0.777. The highest BCUT2D eigenvalue weighted by Gasteiger charge is 2.15. The van der Waals surface area contributed by atoms with E-state index in [-0.39, 0.29) is 24.9 Å². The molecule has 0 radical (unpaired) electrons. The molecule has 2 aromatic carbocycles. The Hall–Kier alpha value is -1.76. The van der Waals surface area contributed by atoms with Gasteiger partial charge in [0.2, 0.25) is 0 Å². The summed E-state index contributed by atoms with van der Waals surface area (Å²) >= 11 is 0. The average Bonchev–Trinajstić information content (AvgIpc) is 2.39. The van der Waals surface area contributed by atoms with Gasteiger partial charge < -0.3 is 10.5 Å². The van der Waals surface area contributed by atoms with Crippen molar-refractivity contribution in [2.24, 2.45) is 5.73 Å². The quantitative estimate of drug-likeness (QED) is 0.929. The smallest absolute Gasteiger partial charge is 0.124 e. The van der Waals surface area contributed by atoms with Crippen molar-refractivity contribution in [3.63, 3.8) is 0 Å². The van der Waals surface area contributed by atoms with E-state index >= 15 is 0 Å². The number of hydrogen-bond donors (Lipinski definition) is 1. The molecule has 0 unspecified atom stereocenters. The maximum Gasteiger partial charge on any atom is 0.124 e. The molecule has 2 aromatic rings. The summed E-state index contributed by atoms with van der Waals surface area (Å²) in [7, 11) is 0. The lowest BCUT2D eigenvalue weighted by atomic mass is 9.96. The van der Waals surface area contributed by atoms with Crippen LogP contribution in [-0.4, -0.2) is 6.61 Å². The van der Waals surface area contributed by atoms with Gasteiger partial charge in [0.05, 0.1) is 19.1 Å². The average molecular weight is 277 g/mol. The summed E-state index contributed by atoms with van der Waals surface area (Å²) in [5.41, 5.74) is 7.03. The first-order valence-corrected chi connectivity index (χ1v) is 6.05. The zero-order valence-electron chi connectivity index (χ0n) is 10.8. The molecule has 1 atom stereocenters. The van der Waals surface area contributed by atoms with Crippen LogP contribution in [0, 0.1) is 11.3 Å². The molecule has 0 fully saturated rings. The Morgan fingerprint density at radius 2 is 2.00 bits per heavy atom. The van der Waals surface area contributed by atoms with E-state index in [9.17, 15) is 0 Å². The third-order valence-electron chi connectivity index (χ3n) is 2.91. The van der Waals surface area contributed by atoms with Gasteiger partial charge in [0.1, 0.15) is 5.75 Å². The number of fused-ring (bicyclic) bond motifs is 1. The normalized spacial score (nSPS) is 11.4. The number of halogens is 1. The Bertz CT molecular complexity index is 592. The number of ether oxygens (including phenoxy) is 1. The van der Waals surface area contributed by atoms with E-state index in [2.05, 4.69) is 6.07 Å². The van der Waals surface area contributed by atoms with Crippen LogP contribution in [-0.2, 0) is 0 Å². The van der Waals surface area contributed by atoms with Crippen LogP contribution in [0.4, 0.5) is 0 Å². The van der Waals surface area contributed by atoms with Crippen molar-refractivity contribution in [2.45, 2.75) is 19.4 Å². The van der Waals surface area contributed by atoms with Crippen LogP contribution in [0.3, 0.4) is 0 Å². The molecule has 0 spiro atoms. The van der Waals surface area contributed by atoms with Gasteiger partial charge in [-0.3, -0.25) is 0 Å². The van der Waals surface area contributed by atoms with Crippen molar-refractivity contribution >= 4 is 23.2 Å². The molecule has 0 bridgehead atoms. The first-order valence-electron chi connectivity index (χ1n) is 6.05. The first kappa shape index (κ1) is 15.3. The van der Waals surface area contributed by atoms with E-state index in [1.54, 1.807) is 0 Å². The number of nitriles is 1. The Morgan fingerprint density at radius 3 is 2.68 bits per heavy atom. The molecule has 0 aliphatic rings. The number of benzene rings is 2. The van der Waals surface area contributed by atoms with Crippen molar-refractivity contribution in [2.75, 3.05) is 6.61 Å². The minimum atomic E-state index is -0.317. The number of rotatable bonds is 4. The SMILES string of the molecule is CCOc1ccc2ccccc2c1[C@@H](N)CC#N.Cl. The van der Waals surface area contributed by atoms with Crippen molar-refractivity contribution in [1.29, 1.82) is 5.26 Å². The van der Waals surface area contributed by atoms with Crippen molar-refractivity contribution in [1.82, 2.24) is 0 Å². The minimum Gasteiger partial charge on any atom is -0.494 e. The molecule has 0 aliphatic carbocycles. The van der Waals surface area contributed by atoms with Gasteiger partial charge in [-0.25, -0.2) is 0 Å². The number of hydrogen-bond acceptors (Lipinski definition) is 3. The second-order valence-electron chi connectivity index (χ2n) is 4.10. The molecule has 0 saturated carbocycles. The number of nitrogens with zero attached hydrogens (tertiary/aromatic N) is 1. The second kappa shape index (κ2) is 6.98. The molecule has 0 aromatic heterocycles. The fourth-order valence-electron chi connectivity index (χ4n) is 2.14. The molecule has 0 amide bonds. The zero-order chi connectivity index (χ0) is 13.0. The van der Waals surface area contributed by atoms with Crippen LogP contribution in [0.1, 0.15) is 24.9 Å². The summed E-state index contributed by atoms with van der Waals surface area (Å²) in [6, 6.07) is 13.8. The topological polar surface area (TPSA) is 59.0 Å². The molecule has 3 nitrogen and oxygen atoms in total. The minimum absolute atomic E-state index is 0. The van der Waals surface area contributed by atoms with Crippen LogP contribution in [0.2, 0.25) is 0 Å². The molecule has 19 heavy (non-hydrogen) atoms. The Labute approximate surface area is 119 Å². The monoisotopic (exact) mass is 276 g/mol. The van der Waals surface area contributed by atoms with Crippen molar-refractivity contribution in [3.05, 3.63) is 42.0 Å². The van der Waals surface area contributed by atoms with Crippen LogP contribution in [0.5, 0.6) is 5.75 Å². The summed E-state index contributed by atoms with van der Waals surface area (Å²) in [6.07, 6.45) is 0.286. The van der Waals surface area contributed by atoms with Gasteiger partial charge in [0.15, 0.2) is 0 Å². The van der Waals surface area contributed by atoms with Gasteiger partial charge in [-0.2, -0.15) is 5.26 Å². The van der Waals surface area contributed by atoms with Gasteiger partial charge >= 0.3 is 0 Å². The van der Waals surface area contributed by atoms with E-state index in [1.165, 1.54) is 0 Å².